The second kappa shape index (κ2) is 5.39. The first-order valence-corrected chi connectivity index (χ1v) is 6.52. The van der Waals surface area contributed by atoms with Gasteiger partial charge in [0.05, 0.1) is 29.6 Å². The molecule has 2 aromatic carbocycles. The molecule has 3 N–H and O–H groups in total. The van der Waals surface area contributed by atoms with Gasteiger partial charge in [0.1, 0.15) is 17.3 Å². The van der Waals surface area contributed by atoms with Crippen LogP contribution in [0.5, 0.6) is 5.75 Å². The maximum atomic E-state index is 13.5. The predicted octanol–water partition coefficient (Wildman–Crippen LogP) is 2.91. The van der Waals surface area contributed by atoms with E-state index < -0.39 is 5.82 Å². The van der Waals surface area contributed by atoms with Gasteiger partial charge >= 0.3 is 0 Å². The Balaban J connectivity index is 1.98. The Hall–Kier alpha value is -3.04. The number of hydrogen-bond acceptors (Lipinski definition) is 5. The molecule has 1 aliphatic rings. The summed E-state index contributed by atoms with van der Waals surface area (Å²) in [6.45, 7) is 0.228. The molecule has 0 aromatic heterocycles. The minimum Gasteiger partial charge on any atom is -0.457 e. The summed E-state index contributed by atoms with van der Waals surface area (Å²) in [5.74, 6) is 0.169. The van der Waals surface area contributed by atoms with Crippen LogP contribution in [0.2, 0.25) is 0 Å². The zero-order chi connectivity index (χ0) is 15.7. The van der Waals surface area contributed by atoms with Crippen molar-refractivity contribution in [2.75, 3.05) is 17.3 Å². The number of halogens is 1. The first-order chi connectivity index (χ1) is 10.6. The lowest BCUT2D eigenvalue weighted by Crippen LogP contribution is -2.23. The van der Waals surface area contributed by atoms with Crippen LogP contribution in [0.1, 0.15) is 11.1 Å². The van der Waals surface area contributed by atoms with Crippen molar-refractivity contribution in [3.8, 4) is 11.8 Å². The van der Waals surface area contributed by atoms with Crippen molar-refractivity contribution in [3.05, 3.63) is 59.4 Å². The minimum atomic E-state index is -0.566. The van der Waals surface area contributed by atoms with Crippen LogP contribution in [0.4, 0.5) is 15.8 Å². The third-order valence-electron chi connectivity index (χ3n) is 3.32. The molecule has 5 nitrogen and oxygen atoms in total. The fraction of sp³-hybridized carbons (Fsp3) is 0.0625. The van der Waals surface area contributed by atoms with Crippen molar-refractivity contribution in [1.82, 2.24) is 0 Å². The van der Waals surface area contributed by atoms with Gasteiger partial charge in [-0.25, -0.2) is 4.39 Å². The zero-order valence-electron chi connectivity index (χ0n) is 11.5. The molecule has 0 saturated heterocycles. The summed E-state index contributed by atoms with van der Waals surface area (Å²) in [6.07, 6.45) is 1.65. The normalized spacial score (nSPS) is 13.1. The lowest BCUT2D eigenvalue weighted by Gasteiger charge is -2.25. The van der Waals surface area contributed by atoms with E-state index in [0.29, 0.717) is 22.6 Å². The average Bonchev–Trinajstić information content (AvgIpc) is 2.53. The molecule has 1 aliphatic heterocycles. The molecular formula is C16H12FN3O2. The van der Waals surface area contributed by atoms with Gasteiger partial charge < -0.3 is 10.5 Å². The third-order valence-corrected chi connectivity index (χ3v) is 3.32. The van der Waals surface area contributed by atoms with E-state index in [-0.39, 0.29) is 18.0 Å². The molecule has 0 atom stereocenters. The highest BCUT2D eigenvalue weighted by molar-refractivity contribution is 5.78. The quantitative estimate of drug-likeness (QED) is 0.833. The highest BCUT2D eigenvalue weighted by Gasteiger charge is 2.20. The van der Waals surface area contributed by atoms with Gasteiger partial charge in [-0.1, -0.05) is 0 Å². The number of benzene rings is 2. The SMILES string of the molecule is N#Cc1ccc2c(c1)C(Oc1ccc(N)c(F)c1)=CCN2O. The molecule has 22 heavy (non-hydrogen) atoms. The first-order valence-electron chi connectivity index (χ1n) is 6.52. The van der Waals surface area contributed by atoms with E-state index in [2.05, 4.69) is 0 Å². The van der Waals surface area contributed by atoms with Crippen LogP contribution in [-0.4, -0.2) is 11.8 Å². The van der Waals surface area contributed by atoms with Gasteiger partial charge in [0.15, 0.2) is 0 Å². The summed E-state index contributed by atoms with van der Waals surface area (Å²) in [4.78, 5) is 0. The molecule has 6 heteroatoms. The van der Waals surface area contributed by atoms with Gasteiger partial charge in [-0.3, -0.25) is 10.3 Å². The molecule has 0 unspecified atom stereocenters. The van der Waals surface area contributed by atoms with Crippen LogP contribution < -0.4 is 15.5 Å². The Bertz CT molecular complexity index is 812. The van der Waals surface area contributed by atoms with E-state index in [1.165, 1.54) is 12.1 Å². The van der Waals surface area contributed by atoms with Gasteiger partial charge in [0, 0.05) is 11.6 Å². The summed E-state index contributed by atoms with van der Waals surface area (Å²) in [7, 11) is 0. The van der Waals surface area contributed by atoms with E-state index in [4.69, 9.17) is 15.7 Å². The monoisotopic (exact) mass is 297 g/mol. The number of fused-ring (bicyclic) bond motifs is 1. The number of nitrogens with zero attached hydrogens (tertiary/aromatic N) is 2. The largest absolute Gasteiger partial charge is 0.457 e. The smallest absolute Gasteiger partial charge is 0.149 e. The van der Waals surface area contributed by atoms with Gasteiger partial charge in [-0.05, 0) is 36.4 Å². The third kappa shape index (κ3) is 2.45. The highest BCUT2D eigenvalue weighted by atomic mass is 19.1. The maximum Gasteiger partial charge on any atom is 0.149 e. The molecular weight excluding hydrogens is 285 g/mol. The summed E-state index contributed by atoms with van der Waals surface area (Å²) in [6, 6.07) is 11.0. The van der Waals surface area contributed by atoms with Crippen molar-refractivity contribution in [2.45, 2.75) is 0 Å². The zero-order valence-corrected chi connectivity index (χ0v) is 11.5. The number of anilines is 2. The molecule has 0 radical (unpaired) electrons. The van der Waals surface area contributed by atoms with Gasteiger partial charge in [0.25, 0.3) is 0 Å². The summed E-state index contributed by atoms with van der Waals surface area (Å²) >= 11 is 0. The fourth-order valence-corrected chi connectivity index (χ4v) is 2.20. The fourth-order valence-electron chi connectivity index (χ4n) is 2.20. The number of rotatable bonds is 2. The lowest BCUT2D eigenvalue weighted by molar-refractivity contribution is 0.263. The average molecular weight is 297 g/mol. The Morgan fingerprint density at radius 3 is 2.82 bits per heavy atom. The Morgan fingerprint density at radius 2 is 2.09 bits per heavy atom. The van der Waals surface area contributed by atoms with E-state index in [0.717, 1.165) is 5.06 Å². The maximum absolute atomic E-state index is 13.5. The van der Waals surface area contributed by atoms with Crippen molar-refractivity contribution < 1.29 is 14.3 Å². The van der Waals surface area contributed by atoms with Crippen molar-refractivity contribution in [2.24, 2.45) is 0 Å². The number of hydrogen-bond donors (Lipinski definition) is 2. The number of nitrogen functional groups attached to an aromatic ring is 1. The highest BCUT2D eigenvalue weighted by Crippen LogP contribution is 2.33. The van der Waals surface area contributed by atoms with Crippen molar-refractivity contribution >= 4 is 17.1 Å². The molecule has 0 spiro atoms. The van der Waals surface area contributed by atoms with Crippen molar-refractivity contribution in [1.29, 1.82) is 5.26 Å². The number of nitrogens with two attached hydrogens (primary N) is 1. The molecule has 1 heterocycles. The van der Waals surface area contributed by atoms with Crippen LogP contribution in [-0.2, 0) is 0 Å². The Labute approximate surface area is 126 Å². The molecule has 0 saturated carbocycles. The number of ether oxygens (including phenoxy) is 1. The molecule has 2 aromatic rings. The summed E-state index contributed by atoms with van der Waals surface area (Å²) in [5, 5.41) is 19.9. The van der Waals surface area contributed by atoms with Gasteiger partial charge in [0.2, 0.25) is 0 Å². The van der Waals surface area contributed by atoms with E-state index >= 15 is 0 Å². The van der Waals surface area contributed by atoms with Crippen molar-refractivity contribution in [3.63, 3.8) is 0 Å². The molecule has 0 fully saturated rings. The molecule has 0 amide bonds. The topological polar surface area (TPSA) is 82.5 Å². The second-order valence-corrected chi connectivity index (χ2v) is 4.78. The Morgan fingerprint density at radius 1 is 1.27 bits per heavy atom. The van der Waals surface area contributed by atoms with Crippen LogP contribution in [0, 0.1) is 17.1 Å². The first kappa shape index (κ1) is 13.9. The van der Waals surface area contributed by atoms with Crippen LogP contribution >= 0.6 is 0 Å². The lowest BCUT2D eigenvalue weighted by atomic mass is 10.0. The van der Waals surface area contributed by atoms with Gasteiger partial charge in [-0.2, -0.15) is 5.26 Å². The number of nitriles is 1. The van der Waals surface area contributed by atoms with Crippen LogP contribution in [0.15, 0.2) is 42.5 Å². The molecule has 0 bridgehead atoms. The van der Waals surface area contributed by atoms with E-state index in [1.807, 2.05) is 6.07 Å². The van der Waals surface area contributed by atoms with Crippen LogP contribution in [0.25, 0.3) is 5.76 Å². The molecule has 110 valence electrons. The Kier molecular flexibility index (Phi) is 3.41. The van der Waals surface area contributed by atoms with Gasteiger partial charge in [-0.15, -0.1) is 0 Å². The molecule has 0 aliphatic carbocycles. The predicted molar refractivity (Wildman–Crippen MR) is 79.7 cm³/mol. The standard InChI is InChI=1S/C16H12FN3O2/c17-13-8-11(2-3-14(13)19)22-16-5-6-20(21)15-4-1-10(9-18)7-12(15)16/h1-5,7-8,21H,6,19H2. The summed E-state index contributed by atoms with van der Waals surface area (Å²) < 4.78 is 19.2. The van der Waals surface area contributed by atoms with E-state index in [9.17, 15) is 9.60 Å². The minimum absolute atomic E-state index is 0.0404. The van der Waals surface area contributed by atoms with Crippen LogP contribution in [0.3, 0.4) is 0 Å². The summed E-state index contributed by atoms with van der Waals surface area (Å²) in [5.41, 5.74) is 6.99. The molecule has 3 rings (SSSR count). The number of hydroxylamine groups is 1. The van der Waals surface area contributed by atoms with E-state index in [1.54, 1.807) is 30.3 Å². The second-order valence-electron chi connectivity index (χ2n) is 4.78.